The molecule has 0 fully saturated rings. The van der Waals surface area contributed by atoms with Crippen molar-refractivity contribution in [1.29, 1.82) is 0 Å². The zero-order valence-corrected chi connectivity index (χ0v) is 13.6. The molecule has 0 aliphatic heterocycles. The number of rotatable bonds is 5. The molecule has 0 radical (unpaired) electrons. The van der Waals surface area contributed by atoms with Crippen molar-refractivity contribution in [3.05, 3.63) is 63.1 Å². The molecule has 0 aromatic heterocycles. The van der Waals surface area contributed by atoms with Crippen molar-refractivity contribution < 1.29 is 4.74 Å². The molecule has 0 spiro atoms. The molecule has 2 rings (SSSR count). The van der Waals surface area contributed by atoms with Gasteiger partial charge in [0, 0.05) is 15.1 Å². The monoisotopic (exact) mass is 353 g/mol. The minimum atomic E-state index is -0.255. The van der Waals surface area contributed by atoms with Crippen LogP contribution in [0.4, 0.5) is 0 Å². The van der Waals surface area contributed by atoms with Gasteiger partial charge in [0.15, 0.2) is 0 Å². The Balaban J connectivity index is 2.35. The Morgan fingerprint density at radius 2 is 1.95 bits per heavy atom. The van der Waals surface area contributed by atoms with Crippen LogP contribution in [0.2, 0.25) is 5.02 Å². The average molecular weight is 355 g/mol. The molecule has 0 saturated heterocycles. The van der Waals surface area contributed by atoms with E-state index in [0.29, 0.717) is 11.6 Å². The molecule has 1 unspecified atom stereocenters. The molecule has 0 aliphatic rings. The van der Waals surface area contributed by atoms with Crippen molar-refractivity contribution in [3.8, 4) is 5.75 Å². The molecule has 2 aromatic carbocycles. The number of ether oxygens (including phenoxy) is 1. The smallest absolute Gasteiger partial charge is 0.124 e. The summed E-state index contributed by atoms with van der Waals surface area (Å²) in [5, 5.41) is 0.684. The van der Waals surface area contributed by atoms with Gasteiger partial charge in [0.05, 0.1) is 12.6 Å². The molecule has 2 N–H and O–H groups in total. The van der Waals surface area contributed by atoms with Gasteiger partial charge < -0.3 is 10.5 Å². The Labute approximate surface area is 133 Å². The largest absolute Gasteiger partial charge is 0.493 e. The first-order valence-electron chi connectivity index (χ1n) is 6.55. The lowest BCUT2D eigenvalue weighted by Crippen LogP contribution is -2.14. The maximum atomic E-state index is 6.39. The van der Waals surface area contributed by atoms with E-state index in [4.69, 9.17) is 22.1 Å². The maximum absolute atomic E-state index is 6.39. The fraction of sp³-hybridized carbons (Fsp3) is 0.250. The molecular formula is C16H17BrClNO. The molecule has 0 amide bonds. The van der Waals surface area contributed by atoms with Gasteiger partial charge in [0.1, 0.15) is 5.75 Å². The first-order chi connectivity index (χ1) is 9.63. The molecule has 2 nitrogen and oxygen atoms in total. The summed E-state index contributed by atoms with van der Waals surface area (Å²) in [6.07, 6.45) is 0.966. The zero-order chi connectivity index (χ0) is 14.5. The van der Waals surface area contributed by atoms with E-state index in [-0.39, 0.29) is 6.04 Å². The topological polar surface area (TPSA) is 35.2 Å². The molecule has 106 valence electrons. The Bertz CT molecular complexity index is 588. The van der Waals surface area contributed by atoms with Crippen LogP contribution in [0.5, 0.6) is 5.75 Å². The van der Waals surface area contributed by atoms with E-state index in [1.165, 1.54) is 0 Å². The Kier molecular flexibility index (Phi) is 5.46. The minimum Gasteiger partial charge on any atom is -0.493 e. The Morgan fingerprint density at radius 3 is 2.65 bits per heavy atom. The standard InChI is InChI=1S/C16H17BrClNO/c1-2-9-20-15-6-4-3-5-13(15)16(19)12-8-7-11(18)10-14(12)17/h3-8,10,16H,2,9,19H2,1H3. The third-order valence-electron chi connectivity index (χ3n) is 3.01. The van der Waals surface area contributed by atoms with E-state index in [2.05, 4.69) is 22.9 Å². The molecule has 4 heteroatoms. The van der Waals surface area contributed by atoms with E-state index in [1.807, 2.05) is 42.5 Å². The van der Waals surface area contributed by atoms with Crippen LogP contribution in [0.25, 0.3) is 0 Å². The van der Waals surface area contributed by atoms with Crippen LogP contribution in [-0.2, 0) is 0 Å². The van der Waals surface area contributed by atoms with Crippen molar-refractivity contribution in [2.75, 3.05) is 6.61 Å². The van der Waals surface area contributed by atoms with E-state index < -0.39 is 0 Å². The summed E-state index contributed by atoms with van der Waals surface area (Å²) in [5.41, 5.74) is 8.35. The summed E-state index contributed by atoms with van der Waals surface area (Å²) < 4.78 is 6.68. The van der Waals surface area contributed by atoms with Crippen molar-refractivity contribution >= 4 is 27.5 Å². The first kappa shape index (κ1) is 15.4. The van der Waals surface area contributed by atoms with Gasteiger partial charge in [-0.25, -0.2) is 0 Å². The third-order valence-corrected chi connectivity index (χ3v) is 3.94. The first-order valence-corrected chi connectivity index (χ1v) is 7.72. The second-order valence-corrected chi connectivity index (χ2v) is 5.82. The Morgan fingerprint density at radius 1 is 1.20 bits per heavy atom. The lowest BCUT2D eigenvalue weighted by Gasteiger charge is -2.18. The van der Waals surface area contributed by atoms with Gasteiger partial charge in [-0.15, -0.1) is 0 Å². The van der Waals surface area contributed by atoms with Gasteiger partial charge in [-0.05, 0) is 30.2 Å². The van der Waals surface area contributed by atoms with Crippen LogP contribution in [-0.4, -0.2) is 6.61 Å². The molecule has 0 bridgehead atoms. The van der Waals surface area contributed by atoms with Gasteiger partial charge >= 0.3 is 0 Å². The zero-order valence-electron chi connectivity index (χ0n) is 11.3. The second kappa shape index (κ2) is 7.11. The summed E-state index contributed by atoms with van der Waals surface area (Å²) in [7, 11) is 0. The van der Waals surface area contributed by atoms with E-state index >= 15 is 0 Å². The van der Waals surface area contributed by atoms with Crippen molar-refractivity contribution in [2.45, 2.75) is 19.4 Å². The summed E-state index contributed by atoms with van der Waals surface area (Å²) in [4.78, 5) is 0. The van der Waals surface area contributed by atoms with E-state index in [9.17, 15) is 0 Å². The molecule has 0 heterocycles. The minimum absolute atomic E-state index is 0.255. The Hall–Kier alpha value is -1.03. The highest BCUT2D eigenvalue weighted by molar-refractivity contribution is 9.10. The number of halogens is 2. The molecule has 1 atom stereocenters. The molecule has 20 heavy (non-hydrogen) atoms. The van der Waals surface area contributed by atoms with E-state index in [0.717, 1.165) is 27.8 Å². The predicted molar refractivity (Wildman–Crippen MR) is 87.4 cm³/mol. The lowest BCUT2D eigenvalue weighted by atomic mass is 9.99. The SMILES string of the molecule is CCCOc1ccccc1C(N)c1ccc(Cl)cc1Br. The van der Waals surface area contributed by atoms with Gasteiger partial charge in [-0.2, -0.15) is 0 Å². The maximum Gasteiger partial charge on any atom is 0.124 e. The summed E-state index contributed by atoms with van der Waals surface area (Å²) in [6, 6.07) is 13.3. The highest BCUT2D eigenvalue weighted by Gasteiger charge is 2.16. The van der Waals surface area contributed by atoms with E-state index in [1.54, 1.807) is 0 Å². The number of benzene rings is 2. The third kappa shape index (κ3) is 3.54. The van der Waals surface area contributed by atoms with Crippen LogP contribution in [0, 0.1) is 0 Å². The quantitative estimate of drug-likeness (QED) is 0.825. The summed E-state index contributed by atoms with van der Waals surface area (Å²) in [6.45, 7) is 2.77. The number of hydrogen-bond acceptors (Lipinski definition) is 2. The molecular weight excluding hydrogens is 338 g/mol. The second-order valence-electron chi connectivity index (χ2n) is 4.53. The molecule has 0 aliphatic carbocycles. The summed E-state index contributed by atoms with van der Waals surface area (Å²) in [5.74, 6) is 0.837. The fourth-order valence-electron chi connectivity index (χ4n) is 2.00. The van der Waals surface area contributed by atoms with Gasteiger partial charge in [-0.3, -0.25) is 0 Å². The van der Waals surface area contributed by atoms with Gasteiger partial charge in [0.25, 0.3) is 0 Å². The van der Waals surface area contributed by atoms with Crippen LogP contribution in [0.1, 0.15) is 30.5 Å². The highest BCUT2D eigenvalue weighted by atomic mass is 79.9. The van der Waals surface area contributed by atoms with Crippen LogP contribution < -0.4 is 10.5 Å². The van der Waals surface area contributed by atoms with Gasteiger partial charge in [0.2, 0.25) is 0 Å². The van der Waals surface area contributed by atoms with Gasteiger partial charge in [-0.1, -0.05) is 58.7 Å². The summed E-state index contributed by atoms with van der Waals surface area (Å²) >= 11 is 9.49. The fourth-order valence-corrected chi connectivity index (χ4v) is 2.93. The highest BCUT2D eigenvalue weighted by Crippen LogP contribution is 2.33. The molecule has 2 aromatic rings. The van der Waals surface area contributed by atoms with Crippen LogP contribution in [0.3, 0.4) is 0 Å². The molecule has 0 saturated carbocycles. The van der Waals surface area contributed by atoms with Crippen molar-refractivity contribution in [1.82, 2.24) is 0 Å². The number of hydrogen-bond donors (Lipinski definition) is 1. The van der Waals surface area contributed by atoms with Crippen molar-refractivity contribution in [3.63, 3.8) is 0 Å². The number of nitrogens with two attached hydrogens (primary N) is 1. The van der Waals surface area contributed by atoms with Crippen molar-refractivity contribution in [2.24, 2.45) is 5.73 Å². The van der Waals surface area contributed by atoms with Crippen LogP contribution >= 0.6 is 27.5 Å². The predicted octanol–water partition coefficient (Wildman–Crippen LogP) is 4.94. The lowest BCUT2D eigenvalue weighted by molar-refractivity contribution is 0.313. The van der Waals surface area contributed by atoms with Crippen LogP contribution in [0.15, 0.2) is 46.9 Å². The normalized spacial score (nSPS) is 12.2. The average Bonchev–Trinajstić information content (AvgIpc) is 2.45. The number of para-hydroxylation sites is 1.